The van der Waals surface area contributed by atoms with Gasteiger partial charge in [-0.05, 0) is 56.1 Å². The van der Waals surface area contributed by atoms with E-state index in [9.17, 15) is 4.79 Å². The zero-order valence-corrected chi connectivity index (χ0v) is 14.9. The number of amides is 1. The molecule has 1 fully saturated rings. The van der Waals surface area contributed by atoms with Crippen molar-refractivity contribution in [3.8, 4) is 0 Å². The Bertz CT molecular complexity index is 998. The van der Waals surface area contributed by atoms with E-state index >= 15 is 0 Å². The number of aryl methyl sites for hydroxylation is 1. The summed E-state index contributed by atoms with van der Waals surface area (Å²) in [5.41, 5.74) is 5.12. The normalized spacial score (nSPS) is 19.0. The number of benzene rings is 1. The highest BCUT2D eigenvalue weighted by molar-refractivity contribution is 6.06. The van der Waals surface area contributed by atoms with Crippen LogP contribution in [0.25, 0.3) is 5.65 Å². The Morgan fingerprint density at radius 2 is 1.92 bits per heavy atom. The van der Waals surface area contributed by atoms with Gasteiger partial charge in [0.25, 0.3) is 0 Å². The number of rotatable bonds is 2. The predicted octanol–water partition coefficient (Wildman–Crippen LogP) is 3.13. The molecule has 3 aromatic rings. The van der Waals surface area contributed by atoms with Gasteiger partial charge in [-0.2, -0.15) is 0 Å². The SMILES string of the molecule is Cc1ccc2nc(CN3CCC4(CC3)C(=O)Nc3ccccc34)cn2c1. The quantitative estimate of drug-likeness (QED) is 0.776. The number of pyridine rings is 1. The van der Waals surface area contributed by atoms with Gasteiger partial charge in [-0.3, -0.25) is 9.69 Å². The van der Waals surface area contributed by atoms with Crippen LogP contribution in [0.2, 0.25) is 0 Å². The lowest BCUT2D eigenvalue weighted by atomic mass is 9.73. The molecular weight excluding hydrogens is 324 g/mol. The molecule has 1 amide bonds. The first-order valence-corrected chi connectivity index (χ1v) is 9.22. The lowest BCUT2D eigenvalue weighted by molar-refractivity contribution is -0.122. The van der Waals surface area contributed by atoms with Gasteiger partial charge in [0.1, 0.15) is 5.65 Å². The third kappa shape index (κ3) is 2.35. The Balaban J connectivity index is 1.33. The molecule has 1 N–H and O–H groups in total. The fourth-order valence-electron chi connectivity index (χ4n) is 4.42. The second-order valence-corrected chi connectivity index (χ2v) is 7.56. The zero-order chi connectivity index (χ0) is 17.7. The summed E-state index contributed by atoms with van der Waals surface area (Å²) in [6.07, 6.45) is 5.95. The predicted molar refractivity (Wildman–Crippen MR) is 101 cm³/mol. The van der Waals surface area contributed by atoms with Gasteiger partial charge in [-0.1, -0.05) is 24.3 Å². The van der Waals surface area contributed by atoms with E-state index in [1.807, 2.05) is 18.2 Å². The molecule has 0 atom stereocenters. The maximum Gasteiger partial charge on any atom is 0.235 e. The molecule has 2 aliphatic heterocycles. The van der Waals surface area contributed by atoms with Crippen LogP contribution in [0, 0.1) is 6.92 Å². The van der Waals surface area contributed by atoms with Crippen LogP contribution >= 0.6 is 0 Å². The molecule has 2 aromatic heterocycles. The lowest BCUT2D eigenvalue weighted by Gasteiger charge is -2.37. The van der Waals surface area contributed by atoms with Gasteiger partial charge < -0.3 is 9.72 Å². The van der Waals surface area contributed by atoms with E-state index in [-0.39, 0.29) is 11.3 Å². The number of likely N-dealkylation sites (tertiary alicyclic amines) is 1. The molecule has 0 saturated carbocycles. The zero-order valence-electron chi connectivity index (χ0n) is 14.9. The molecule has 0 unspecified atom stereocenters. The van der Waals surface area contributed by atoms with Crippen LogP contribution in [0.3, 0.4) is 0 Å². The van der Waals surface area contributed by atoms with Gasteiger partial charge in [0.15, 0.2) is 0 Å². The van der Waals surface area contributed by atoms with Crippen LogP contribution in [-0.4, -0.2) is 33.3 Å². The number of para-hydroxylation sites is 1. The van der Waals surface area contributed by atoms with Crippen molar-refractivity contribution in [3.63, 3.8) is 0 Å². The van der Waals surface area contributed by atoms with Gasteiger partial charge in [0.05, 0.1) is 11.1 Å². The molecule has 0 radical (unpaired) electrons. The third-order valence-electron chi connectivity index (χ3n) is 5.87. The highest BCUT2D eigenvalue weighted by atomic mass is 16.2. The number of hydrogen-bond donors (Lipinski definition) is 1. The van der Waals surface area contributed by atoms with E-state index in [0.717, 1.165) is 49.5 Å². The third-order valence-corrected chi connectivity index (χ3v) is 5.87. The summed E-state index contributed by atoms with van der Waals surface area (Å²) >= 11 is 0. The maximum absolute atomic E-state index is 12.7. The first kappa shape index (κ1) is 15.6. The molecular formula is C21H22N4O. The fourth-order valence-corrected chi connectivity index (χ4v) is 4.42. The van der Waals surface area contributed by atoms with E-state index in [2.05, 4.69) is 52.1 Å². The monoisotopic (exact) mass is 346 g/mol. The smallest absolute Gasteiger partial charge is 0.235 e. The number of nitrogens with zero attached hydrogens (tertiary/aromatic N) is 3. The molecule has 26 heavy (non-hydrogen) atoms. The Labute approximate surface area is 152 Å². The number of imidazole rings is 1. The molecule has 2 aliphatic rings. The first-order valence-electron chi connectivity index (χ1n) is 9.22. The van der Waals surface area contributed by atoms with Crippen molar-refractivity contribution in [2.75, 3.05) is 18.4 Å². The first-order chi connectivity index (χ1) is 12.6. The molecule has 132 valence electrons. The number of carbonyl (C=O) groups excluding carboxylic acids is 1. The summed E-state index contributed by atoms with van der Waals surface area (Å²) in [6.45, 7) is 4.75. The van der Waals surface area contributed by atoms with Gasteiger partial charge in [0.2, 0.25) is 5.91 Å². The van der Waals surface area contributed by atoms with Crippen molar-refractivity contribution in [1.82, 2.24) is 14.3 Å². The fraction of sp³-hybridized carbons (Fsp3) is 0.333. The number of fused-ring (bicyclic) bond motifs is 3. The Hall–Kier alpha value is -2.66. The van der Waals surface area contributed by atoms with Gasteiger partial charge in [-0.25, -0.2) is 4.98 Å². The molecule has 4 heterocycles. The number of carbonyl (C=O) groups is 1. The second-order valence-electron chi connectivity index (χ2n) is 7.56. The van der Waals surface area contributed by atoms with Gasteiger partial charge >= 0.3 is 0 Å². The Morgan fingerprint density at radius 3 is 2.77 bits per heavy atom. The summed E-state index contributed by atoms with van der Waals surface area (Å²) < 4.78 is 2.09. The Morgan fingerprint density at radius 1 is 1.12 bits per heavy atom. The molecule has 0 bridgehead atoms. The number of aromatic nitrogens is 2. The van der Waals surface area contributed by atoms with E-state index < -0.39 is 0 Å². The number of nitrogens with one attached hydrogen (secondary N) is 1. The summed E-state index contributed by atoms with van der Waals surface area (Å²) in [4.78, 5) is 19.8. The topological polar surface area (TPSA) is 49.6 Å². The van der Waals surface area contributed by atoms with Crippen LogP contribution in [0.5, 0.6) is 0 Å². The van der Waals surface area contributed by atoms with Crippen LogP contribution in [-0.2, 0) is 16.8 Å². The minimum Gasteiger partial charge on any atom is -0.325 e. The van der Waals surface area contributed by atoms with Crippen molar-refractivity contribution >= 4 is 17.2 Å². The van der Waals surface area contributed by atoms with E-state index in [0.29, 0.717) is 0 Å². The maximum atomic E-state index is 12.7. The number of anilines is 1. The van der Waals surface area contributed by atoms with Crippen LogP contribution in [0.1, 0.15) is 29.7 Å². The minimum absolute atomic E-state index is 0.168. The molecule has 0 aliphatic carbocycles. The van der Waals surface area contributed by atoms with Crippen molar-refractivity contribution in [3.05, 3.63) is 65.6 Å². The molecule has 5 nitrogen and oxygen atoms in total. The van der Waals surface area contributed by atoms with Crippen LogP contribution in [0.4, 0.5) is 5.69 Å². The van der Waals surface area contributed by atoms with Crippen molar-refractivity contribution in [1.29, 1.82) is 0 Å². The molecule has 1 aromatic carbocycles. The summed E-state index contributed by atoms with van der Waals surface area (Å²) in [7, 11) is 0. The summed E-state index contributed by atoms with van der Waals surface area (Å²) in [5.74, 6) is 0.168. The number of piperidine rings is 1. The van der Waals surface area contributed by atoms with Crippen molar-refractivity contribution < 1.29 is 4.79 Å². The standard InChI is InChI=1S/C21H22N4O/c1-15-6-7-19-22-16(14-25(19)12-15)13-24-10-8-21(9-11-24)17-4-2-3-5-18(17)23-20(21)26/h2-7,12,14H,8-11,13H2,1H3,(H,23,26). The Kier molecular flexibility index (Phi) is 3.40. The average molecular weight is 346 g/mol. The van der Waals surface area contributed by atoms with Crippen molar-refractivity contribution in [2.24, 2.45) is 0 Å². The van der Waals surface area contributed by atoms with Gasteiger partial charge in [0, 0.05) is 24.6 Å². The molecule has 1 saturated heterocycles. The number of hydrogen-bond acceptors (Lipinski definition) is 3. The molecule has 5 rings (SSSR count). The van der Waals surface area contributed by atoms with Gasteiger partial charge in [-0.15, -0.1) is 0 Å². The highest BCUT2D eigenvalue weighted by Crippen LogP contribution is 2.44. The second kappa shape index (κ2) is 5.68. The summed E-state index contributed by atoms with van der Waals surface area (Å²) in [5, 5.41) is 3.07. The van der Waals surface area contributed by atoms with E-state index in [1.165, 1.54) is 11.1 Å². The van der Waals surface area contributed by atoms with Crippen molar-refractivity contribution in [2.45, 2.75) is 31.7 Å². The van der Waals surface area contributed by atoms with Crippen LogP contribution in [0.15, 0.2) is 48.8 Å². The molecule has 1 spiro atoms. The van der Waals surface area contributed by atoms with Crippen LogP contribution < -0.4 is 5.32 Å². The highest BCUT2D eigenvalue weighted by Gasteiger charge is 2.48. The lowest BCUT2D eigenvalue weighted by Crippen LogP contribution is -2.46. The molecule has 5 heteroatoms. The minimum atomic E-state index is -0.344. The summed E-state index contributed by atoms with van der Waals surface area (Å²) in [6, 6.07) is 12.3. The average Bonchev–Trinajstić information content (AvgIpc) is 3.15. The largest absolute Gasteiger partial charge is 0.325 e. The van der Waals surface area contributed by atoms with E-state index in [1.54, 1.807) is 0 Å². The van der Waals surface area contributed by atoms with E-state index in [4.69, 9.17) is 4.98 Å².